The van der Waals surface area contributed by atoms with E-state index in [1.807, 2.05) is 0 Å². The molecule has 21 heavy (non-hydrogen) atoms. The maximum atomic E-state index is 12.7. The molecule has 0 spiro atoms. The zero-order valence-electron chi connectivity index (χ0n) is 11.2. The third kappa shape index (κ3) is 3.34. The van der Waals surface area contributed by atoms with Crippen molar-refractivity contribution in [3.05, 3.63) is 33.3 Å². The van der Waals surface area contributed by atoms with E-state index in [4.69, 9.17) is 17.3 Å². The topological polar surface area (TPSA) is 107 Å². The van der Waals surface area contributed by atoms with Crippen molar-refractivity contribution in [2.75, 3.05) is 6.54 Å². The molecule has 0 bridgehead atoms. The van der Waals surface area contributed by atoms with E-state index < -0.39 is 21.1 Å². The van der Waals surface area contributed by atoms with Crippen LogP contribution in [-0.4, -0.2) is 30.4 Å². The number of non-ortho nitro benzene ring substituents is 1. The van der Waals surface area contributed by atoms with Crippen LogP contribution >= 0.6 is 11.6 Å². The molecule has 1 atom stereocenters. The van der Waals surface area contributed by atoms with E-state index >= 15 is 0 Å². The van der Waals surface area contributed by atoms with Gasteiger partial charge >= 0.3 is 0 Å². The molecule has 116 valence electrons. The predicted molar refractivity (Wildman–Crippen MR) is 78.4 cm³/mol. The number of nitro groups is 1. The lowest BCUT2D eigenvalue weighted by atomic mass is 10.2. The van der Waals surface area contributed by atoms with Crippen molar-refractivity contribution in [2.24, 2.45) is 5.73 Å². The van der Waals surface area contributed by atoms with E-state index in [1.165, 1.54) is 16.4 Å². The zero-order chi connectivity index (χ0) is 15.6. The number of nitrogens with two attached hydrogens (primary N) is 1. The summed E-state index contributed by atoms with van der Waals surface area (Å²) in [6, 6.07) is 3.37. The minimum absolute atomic E-state index is 0.0444. The first-order valence-electron chi connectivity index (χ1n) is 6.55. The van der Waals surface area contributed by atoms with Crippen molar-refractivity contribution in [1.82, 2.24) is 4.31 Å². The molecule has 1 aliphatic heterocycles. The number of benzene rings is 1. The minimum atomic E-state index is -3.95. The zero-order valence-corrected chi connectivity index (χ0v) is 12.8. The van der Waals surface area contributed by atoms with Gasteiger partial charge in [0.05, 0.1) is 16.1 Å². The first-order chi connectivity index (χ1) is 9.84. The monoisotopic (exact) mass is 333 g/mol. The maximum Gasteiger partial charge on any atom is 0.270 e. The fourth-order valence-electron chi connectivity index (χ4n) is 2.34. The first-order valence-corrected chi connectivity index (χ1v) is 8.37. The summed E-state index contributed by atoms with van der Waals surface area (Å²) in [5, 5.41) is 10.8. The van der Waals surface area contributed by atoms with Gasteiger partial charge in [0, 0.05) is 18.7 Å². The molecule has 1 aromatic carbocycles. The Balaban J connectivity index is 2.47. The van der Waals surface area contributed by atoms with Gasteiger partial charge in [-0.2, -0.15) is 4.31 Å². The molecule has 1 heterocycles. The van der Waals surface area contributed by atoms with E-state index in [2.05, 4.69) is 0 Å². The van der Waals surface area contributed by atoms with Crippen LogP contribution in [0.2, 0.25) is 5.02 Å². The van der Waals surface area contributed by atoms with Crippen LogP contribution in [0.3, 0.4) is 0 Å². The Morgan fingerprint density at radius 1 is 1.33 bits per heavy atom. The summed E-state index contributed by atoms with van der Waals surface area (Å²) in [5.74, 6) is 0. The van der Waals surface area contributed by atoms with Crippen LogP contribution in [0.25, 0.3) is 0 Å². The number of hydrogen-bond donors (Lipinski definition) is 1. The van der Waals surface area contributed by atoms with Gasteiger partial charge in [-0.3, -0.25) is 10.1 Å². The molecule has 0 amide bonds. The highest BCUT2D eigenvalue weighted by molar-refractivity contribution is 7.89. The van der Waals surface area contributed by atoms with Gasteiger partial charge in [-0.05, 0) is 18.9 Å². The number of nitro benzene ring substituents is 1. The molecule has 9 heteroatoms. The van der Waals surface area contributed by atoms with Crippen LogP contribution in [0.5, 0.6) is 0 Å². The van der Waals surface area contributed by atoms with Crippen LogP contribution < -0.4 is 5.73 Å². The smallest absolute Gasteiger partial charge is 0.270 e. The molecule has 1 fully saturated rings. The summed E-state index contributed by atoms with van der Waals surface area (Å²) in [6.45, 7) is 0.294. The Hall–Kier alpha value is -1.22. The van der Waals surface area contributed by atoms with Gasteiger partial charge in [0.1, 0.15) is 4.90 Å². The highest BCUT2D eigenvalue weighted by Gasteiger charge is 2.33. The number of nitrogens with zero attached hydrogens (tertiary/aromatic N) is 2. The van der Waals surface area contributed by atoms with E-state index in [0.717, 1.165) is 18.9 Å². The van der Waals surface area contributed by atoms with E-state index in [1.54, 1.807) is 0 Å². The van der Waals surface area contributed by atoms with Crippen LogP contribution in [0, 0.1) is 10.1 Å². The fourth-order valence-corrected chi connectivity index (χ4v) is 4.41. The van der Waals surface area contributed by atoms with E-state index in [0.29, 0.717) is 19.4 Å². The highest BCUT2D eigenvalue weighted by Crippen LogP contribution is 2.30. The van der Waals surface area contributed by atoms with Crippen LogP contribution in [0.15, 0.2) is 23.1 Å². The fraction of sp³-hybridized carbons (Fsp3) is 0.500. The molecule has 0 saturated carbocycles. The number of hydrogen-bond acceptors (Lipinski definition) is 5. The van der Waals surface area contributed by atoms with Gasteiger partial charge in [-0.25, -0.2) is 8.42 Å². The van der Waals surface area contributed by atoms with Crippen molar-refractivity contribution < 1.29 is 13.3 Å². The molecule has 1 aliphatic rings. The molecule has 0 aliphatic carbocycles. The van der Waals surface area contributed by atoms with Crippen molar-refractivity contribution >= 4 is 27.3 Å². The molecule has 1 aromatic rings. The molecule has 1 unspecified atom stereocenters. The molecule has 2 N–H and O–H groups in total. The second-order valence-electron chi connectivity index (χ2n) is 4.90. The highest BCUT2D eigenvalue weighted by atomic mass is 35.5. The van der Waals surface area contributed by atoms with Gasteiger partial charge < -0.3 is 5.73 Å². The molecular weight excluding hydrogens is 318 g/mol. The van der Waals surface area contributed by atoms with Crippen molar-refractivity contribution in [2.45, 2.75) is 36.7 Å². The summed E-state index contributed by atoms with van der Waals surface area (Å²) < 4.78 is 26.6. The Labute approximate surface area is 127 Å². The van der Waals surface area contributed by atoms with Crippen molar-refractivity contribution in [3.8, 4) is 0 Å². The molecule has 1 saturated heterocycles. The van der Waals surface area contributed by atoms with Crippen LogP contribution in [-0.2, 0) is 10.0 Å². The number of sulfonamides is 1. The molecule has 2 rings (SSSR count). The lowest BCUT2D eigenvalue weighted by molar-refractivity contribution is -0.385. The molecule has 0 radical (unpaired) electrons. The van der Waals surface area contributed by atoms with Crippen LogP contribution in [0.4, 0.5) is 5.69 Å². The van der Waals surface area contributed by atoms with Gasteiger partial charge in [0.25, 0.3) is 5.69 Å². The first kappa shape index (κ1) is 16.2. The third-order valence-corrected chi connectivity index (χ3v) is 5.87. The predicted octanol–water partition coefficient (Wildman–Crippen LogP) is 2.10. The SMILES string of the molecule is NC1CCCCCN1S(=O)(=O)c1cc([N+](=O)[O-])ccc1Cl. The molecule has 0 aromatic heterocycles. The summed E-state index contributed by atoms with van der Waals surface area (Å²) in [4.78, 5) is 9.89. The largest absolute Gasteiger partial charge is 0.315 e. The Morgan fingerprint density at radius 2 is 2.05 bits per heavy atom. The van der Waals surface area contributed by atoms with E-state index in [-0.39, 0.29) is 15.6 Å². The summed E-state index contributed by atoms with van der Waals surface area (Å²) >= 11 is 5.92. The number of halogens is 1. The van der Waals surface area contributed by atoms with Crippen LogP contribution in [0.1, 0.15) is 25.7 Å². The lowest BCUT2D eigenvalue weighted by Crippen LogP contribution is -2.45. The maximum absolute atomic E-state index is 12.7. The summed E-state index contributed by atoms with van der Waals surface area (Å²) in [7, 11) is -3.95. The molecule has 7 nitrogen and oxygen atoms in total. The normalized spacial score (nSPS) is 21.0. The Morgan fingerprint density at radius 3 is 2.71 bits per heavy atom. The van der Waals surface area contributed by atoms with Gasteiger partial charge in [-0.15, -0.1) is 0 Å². The second-order valence-corrected chi connectivity index (χ2v) is 7.17. The minimum Gasteiger partial charge on any atom is -0.315 e. The number of rotatable bonds is 3. The lowest BCUT2D eigenvalue weighted by Gasteiger charge is -2.26. The Bertz CT molecular complexity index is 650. The summed E-state index contributed by atoms with van der Waals surface area (Å²) in [5.41, 5.74) is 5.60. The average Bonchev–Trinajstić information content (AvgIpc) is 2.63. The van der Waals surface area contributed by atoms with Crippen molar-refractivity contribution in [3.63, 3.8) is 0 Å². The summed E-state index contributed by atoms with van der Waals surface area (Å²) in [6.07, 6.45) is 2.40. The van der Waals surface area contributed by atoms with Gasteiger partial charge in [0.15, 0.2) is 0 Å². The standard InChI is InChI=1S/C12H16ClN3O4S/c13-10-6-5-9(16(17)18)8-11(10)21(19,20)15-7-3-1-2-4-12(15)14/h5-6,8,12H,1-4,7,14H2. The van der Waals surface area contributed by atoms with E-state index in [9.17, 15) is 18.5 Å². The quantitative estimate of drug-likeness (QED) is 0.673. The van der Waals surface area contributed by atoms with Crippen molar-refractivity contribution in [1.29, 1.82) is 0 Å². The molecular formula is C12H16ClN3O4S. The Kier molecular flexibility index (Phi) is 4.82. The third-order valence-electron chi connectivity index (χ3n) is 3.46. The van der Waals surface area contributed by atoms with Gasteiger partial charge in [0.2, 0.25) is 10.0 Å². The second kappa shape index (κ2) is 6.27. The average molecular weight is 334 g/mol. The van der Waals surface area contributed by atoms with Gasteiger partial charge in [-0.1, -0.05) is 24.4 Å².